The van der Waals surface area contributed by atoms with E-state index in [-0.39, 0.29) is 55.2 Å². The van der Waals surface area contributed by atoms with Gasteiger partial charge >= 0.3 is 23.8 Å². The maximum atomic E-state index is 14.3. The van der Waals surface area contributed by atoms with Crippen LogP contribution < -0.4 is 11.1 Å². The molecule has 1 atom stereocenters. The molecule has 1 N–H and O–H groups in total. The maximum absolute atomic E-state index is 14.3. The lowest BCUT2D eigenvalue weighted by molar-refractivity contribution is -0.146. The number of benzene rings is 2. The minimum Gasteiger partial charge on any atom is -0.466 e. The number of amides is 5. The maximum Gasteiger partial charge on any atom is 0.419 e. The SMILES string of the molecule is CCCCOC(=O)CCC(=O)N1CCC(N2CCN(C(=O)[C@@H](Cc3cc(C)c4c(c3)oc(=O)n4C)OC(=O)N3CCC(N4CCc5ccccc5NC4=O)CC3)CC2)CC1. The Labute approximate surface area is 350 Å². The summed E-state index contributed by atoms with van der Waals surface area (Å²) in [6.07, 6.45) is 3.97. The summed E-state index contributed by atoms with van der Waals surface area (Å²) in [6.45, 7) is 9.12. The van der Waals surface area contributed by atoms with Crippen molar-refractivity contribution in [3.05, 3.63) is 63.6 Å². The number of para-hydroxylation sites is 1. The molecule has 5 amide bonds. The van der Waals surface area contributed by atoms with Crippen LogP contribution in [0.1, 0.15) is 75.0 Å². The number of aromatic nitrogens is 1. The summed E-state index contributed by atoms with van der Waals surface area (Å²) in [5, 5.41) is 3.04. The number of nitrogens with zero attached hydrogens (tertiary/aromatic N) is 6. The Morgan fingerprint density at radius 2 is 1.55 bits per heavy atom. The van der Waals surface area contributed by atoms with E-state index in [4.69, 9.17) is 13.9 Å². The molecule has 3 saturated heterocycles. The van der Waals surface area contributed by atoms with Crippen molar-refractivity contribution in [3.63, 3.8) is 0 Å². The number of ether oxygens (including phenoxy) is 2. The number of oxazole rings is 1. The molecule has 324 valence electrons. The van der Waals surface area contributed by atoms with Crippen molar-refractivity contribution in [1.29, 1.82) is 0 Å². The van der Waals surface area contributed by atoms with Crippen molar-refractivity contribution in [2.24, 2.45) is 7.05 Å². The van der Waals surface area contributed by atoms with Gasteiger partial charge in [-0.2, -0.15) is 0 Å². The van der Waals surface area contributed by atoms with Crippen LogP contribution in [0.25, 0.3) is 11.1 Å². The van der Waals surface area contributed by atoms with Crippen LogP contribution in [-0.2, 0) is 43.7 Å². The normalized spacial score (nSPS) is 18.8. The largest absolute Gasteiger partial charge is 0.466 e. The molecule has 0 unspecified atom stereocenters. The zero-order valence-corrected chi connectivity index (χ0v) is 35.2. The molecule has 1 aromatic heterocycles. The average Bonchev–Trinajstić information content (AvgIpc) is 3.43. The molecule has 7 rings (SSSR count). The van der Waals surface area contributed by atoms with E-state index in [1.165, 1.54) is 4.57 Å². The molecule has 5 heterocycles. The third-order valence-corrected chi connectivity index (χ3v) is 12.6. The number of likely N-dealkylation sites (tertiary alicyclic amines) is 2. The molecule has 0 saturated carbocycles. The number of aryl methyl sites for hydroxylation is 2. The molecule has 60 heavy (non-hydrogen) atoms. The third-order valence-electron chi connectivity index (χ3n) is 12.6. The molecule has 3 aromatic rings. The number of unbranched alkanes of at least 4 members (excludes halogenated alkanes) is 1. The number of carbonyl (C=O) groups excluding carboxylic acids is 5. The van der Waals surface area contributed by atoms with E-state index in [0.29, 0.717) is 95.0 Å². The minimum atomic E-state index is -1.11. The lowest BCUT2D eigenvalue weighted by Crippen LogP contribution is -2.57. The number of nitrogens with one attached hydrogen (secondary N) is 1. The van der Waals surface area contributed by atoms with Gasteiger partial charge in [-0.25, -0.2) is 14.4 Å². The fourth-order valence-corrected chi connectivity index (χ4v) is 9.15. The van der Waals surface area contributed by atoms with Crippen molar-refractivity contribution in [3.8, 4) is 0 Å². The predicted octanol–water partition coefficient (Wildman–Crippen LogP) is 4.30. The second kappa shape index (κ2) is 19.3. The van der Waals surface area contributed by atoms with Gasteiger partial charge in [-0.3, -0.25) is 23.9 Å². The lowest BCUT2D eigenvalue weighted by atomic mass is 10.0. The van der Waals surface area contributed by atoms with Crippen molar-refractivity contribution in [2.45, 2.75) is 96.2 Å². The number of hydrogen-bond donors (Lipinski definition) is 1. The Balaban J connectivity index is 0.947. The number of piperazine rings is 1. The van der Waals surface area contributed by atoms with E-state index in [0.717, 1.165) is 48.9 Å². The van der Waals surface area contributed by atoms with Crippen LogP contribution in [0.5, 0.6) is 0 Å². The van der Waals surface area contributed by atoms with Crippen LogP contribution in [0.15, 0.2) is 45.6 Å². The first-order valence-electron chi connectivity index (χ1n) is 21.7. The smallest absolute Gasteiger partial charge is 0.419 e. The van der Waals surface area contributed by atoms with Gasteiger partial charge in [-0.05, 0) is 74.3 Å². The van der Waals surface area contributed by atoms with Crippen LogP contribution in [0, 0.1) is 6.92 Å². The van der Waals surface area contributed by atoms with Gasteiger partial charge in [0.25, 0.3) is 5.91 Å². The number of esters is 1. The Kier molecular flexibility index (Phi) is 13.8. The van der Waals surface area contributed by atoms with Crippen LogP contribution in [0.3, 0.4) is 0 Å². The first-order chi connectivity index (χ1) is 29.0. The predicted molar refractivity (Wildman–Crippen MR) is 223 cm³/mol. The number of fused-ring (bicyclic) bond motifs is 2. The summed E-state index contributed by atoms with van der Waals surface area (Å²) in [6, 6.07) is 11.6. The van der Waals surface area contributed by atoms with Gasteiger partial charge in [-0.1, -0.05) is 37.6 Å². The van der Waals surface area contributed by atoms with Gasteiger partial charge in [0.05, 0.1) is 18.5 Å². The fourth-order valence-electron chi connectivity index (χ4n) is 9.15. The number of anilines is 1. The van der Waals surface area contributed by atoms with Gasteiger partial charge < -0.3 is 38.8 Å². The molecule has 4 aliphatic rings. The molecular weight excluding hydrogens is 771 g/mol. The monoisotopic (exact) mass is 829 g/mol. The number of carbonyl (C=O) groups is 5. The van der Waals surface area contributed by atoms with Crippen molar-refractivity contribution < 1.29 is 37.9 Å². The first-order valence-corrected chi connectivity index (χ1v) is 21.7. The third kappa shape index (κ3) is 9.96. The summed E-state index contributed by atoms with van der Waals surface area (Å²) in [5.41, 5.74) is 4.52. The fraction of sp³-hybridized carbons (Fsp3) is 0.591. The summed E-state index contributed by atoms with van der Waals surface area (Å²) in [4.78, 5) is 88.0. The second-order valence-electron chi connectivity index (χ2n) is 16.6. The Bertz CT molecular complexity index is 2090. The van der Waals surface area contributed by atoms with Crippen LogP contribution in [0.4, 0.5) is 15.3 Å². The molecule has 0 spiro atoms. The summed E-state index contributed by atoms with van der Waals surface area (Å²) in [5.74, 6) is -1.12. The van der Waals surface area contributed by atoms with Gasteiger partial charge in [0, 0.05) is 96.6 Å². The van der Waals surface area contributed by atoms with E-state index in [1.807, 2.05) is 54.0 Å². The molecule has 0 bridgehead atoms. The van der Waals surface area contributed by atoms with Gasteiger partial charge in [-0.15, -0.1) is 0 Å². The topological polar surface area (TPSA) is 167 Å². The number of piperidine rings is 2. The van der Waals surface area contributed by atoms with E-state index in [2.05, 4.69) is 10.2 Å². The Hall–Kier alpha value is -5.38. The Morgan fingerprint density at radius 3 is 2.28 bits per heavy atom. The van der Waals surface area contributed by atoms with Crippen LogP contribution >= 0.6 is 0 Å². The molecular formula is C44H59N7O9. The highest BCUT2D eigenvalue weighted by molar-refractivity contribution is 5.91. The number of rotatable bonds is 12. The summed E-state index contributed by atoms with van der Waals surface area (Å²) < 4.78 is 18.3. The molecule has 4 aliphatic heterocycles. The standard InChI is InChI=1S/C44H59N7O9/c1-4-5-26-58-39(53)11-10-38(52)48-17-13-33(14-18-48)47-22-24-49(25-23-47)41(54)37(29-31-27-30(2)40-36(28-31)59-43(56)46(40)3)60-44(57)50-19-15-34(16-20-50)51-21-12-32-8-6-7-9-35(32)45-42(51)55/h6-9,27-28,33-34,37H,4-5,10-26,29H2,1-3H3,(H,45,55)/t37-/m1/s1. The lowest BCUT2D eigenvalue weighted by Gasteiger charge is -2.43. The zero-order valence-electron chi connectivity index (χ0n) is 35.2. The Morgan fingerprint density at radius 1 is 0.850 bits per heavy atom. The van der Waals surface area contributed by atoms with Crippen molar-refractivity contribution in [2.75, 3.05) is 70.8 Å². The van der Waals surface area contributed by atoms with Crippen molar-refractivity contribution >= 4 is 46.7 Å². The van der Waals surface area contributed by atoms with Gasteiger partial charge in [0.2, 0.25) is 5.91 Å². The first kappa shape index (κ1) is 42.7. The highest BCUT2D eigenvalue weighted by Gasteiger charge is 2.37. The average molecular weight is 830 g/mol. The molecule has 16 heteroatoms. The quantitative estimate of drug-likeness (QED) is 0.206. The summed E-state index contributed by atoms with van der Waals surface area (Å²) in [7, 11) is 1.65. The highest BCUT2D eigenvalue weighted by Crippen LogP contribution is 2.27. The van der Waals surface area contributed by atoms with Gasteiger partial charge in [0.15, 0.2) is 11.7 Å². The molecule has 0 radical (unpaired) electrons. The highest BCUT2D eigenvalue weighted by atomic mass is 16.6. The van der Waals surface area contributed by atoms with Crippen molar-refractivity contribution in [1.82, 2.24) is 29.1 Å². The van der Waals surface area contributed by atoms with Gasteiger partial charge in [0.1, 0.15) is 0 Å². The molecule has 16 nitrogen and oxygen atoms in total. The zero-order chi connectivity index (χ0) is 42.3. The molecule has 3 fully saturated rings. The number of hydrogen-bond acceptors (Lipinski definition) is 10. The minimum absolute atomic E-state index is 0.0267. The van der Waals surface area contributed by atoms with E-state index < -0.39 is 18.0 Å². The molecule has 2 aromatic carbocycles. The van der Waals surface area contributed by atoms with Crippen LogP contribution in [0.2, 0.25) is 0 Å². The second-order valence-corrected chi connectivity index (χ2v) is 16.6. The summed E-state index contributed by atoms with van der Waals surface area (Å²) >= 11 is 0. The van der Waals surface area contributed by atoms with E-state index >= 15 is 0 Å². The van der Waals surface area contributed by atoms with Crippen LogP contribution in [-0.4, -0.2) is 143 Å². The number of urea groups is 1. The molecule has 0 aliphatic carbocycles. The van der Waals surface area contributed by atoms with E-state index in [9.17, 15) is 28.8 Å². The van der Waals surface area contributed by atoms with E-state index in [1.54, 1.807) is 22.9 Å².